The summed E-state index contributed by atoms with van der Waals surface area (Å²) in [6.45, 7) is 2.97. The number of fused-ring (bicyclic) bond motifs is 1. The van der Waals surface area contributed by atoms with Gasteiger partial charge in [-0.15, -0.1) is 0 Å². The van der Waals surface area contributed by atoms with E-state index in [9.17, 15) is 18.0 Å². The number of rotatable bonds is 13. The minimum atomic E-state index is -3.74. The number of ether oxygens (including phenoxy) is 2. The number of nitrogens with one attached hydrogen (secondary N) is 3. The number of amides is 1. The third-order valence-corrected chi connectivity index (χ3v) is 7.04. The maximum Gasteiger partial charge on any atom is 0.256 e. The van der Waals surface area contributed by atoms with Crippen LogP contribution in [-0.4, -0.2) is 85.4 Å². The van der Waals surface area contributed by atoms with Crippen molar-refractivity contribution in [2.24, 2.45) is 0 Å². The number of carbonyl (C=O) groups excluding carboxylic acids is 2. The molecular weight excluding hydrogens is 510 g/mol. The Kier molecular flexibility index (Phi) is 9.36. The lowest BCUT2D eigenvalue weighted by Gasteiger charge is -2.29. The van der Waals surface area contributed by atoms with Gasteiger partial charge in [0.05, 0.1) is 31.9 Å². The molecule has 2 aromatic carbocycles. The minimum absolute atomic E-state index is 0.232. The summed E-state index contributed by atoms with van der Waals surface area (Å²) in [5.41, 5.74) is 2.91. The van der Waals surface area contributed by atoms with Crippen LogP contribution in [0.5, 0.6) is 11.5 Å². The van der Waals surface area contributed by atoms with Crippen molar-refractivity contribution in [1.82, 2.24) is 10.2 Å². The van der Waals surface area contributed by atoms with Crippen LogP contribution >= 0.6 is 0 Å². The van der Waals surface area contributed by atoms with Gasteiger partial charge in [-0.1, -0.05) is 0 Å². The van der Waals surface area contributed by atoms with Crippen molar-refractivity contribution in [3.8, 4) is 11.5 Å². The highest BCUT2D eigenvalue weighted by Crippen LogP contribution is 2.40. The maximum absolute atomic E-state index is 12.6. The molecule has 2 atom stereocenters. The van der Waals surface area contributed by atoms with E-state index < -0.39 is 16.2 Å². The van der Waals surface area contributed by atoms with E-state index in [-0.39, 0.29) is 11.9 Å². The summed E-state index contributed by atoms with van der Waals surface area (Å²) in [6, 6.07) is 9.93. The van der Waals surface area contributed by atoms with Crippen molar-refractivity contribution in [2.75, 3.05) is 62.6 Å². The maximum atomic E-state index is 12.6. The van der Waals surface area contributed by atoms with Gasteiger partial charge in [0.15, 0.2) is 24.0 Å². The van der Waals surface area contributed by atoms with Crippen LogP contribution < -0.4 is 29.7 Å². The Morgan fingerprint density at radius 3 is 2.26 bits per heavy atom. The predicted octanol–water partition coefficient (Wildman–Crippen LogP) is 1.98. The molecule has 12 heteroatoms. The van der Waals surface area contributed by atoms with Crippen molar-refractivity contribution >= 4 is 44.9 Å². The van der Waals surface area contributed by atoms with Crippen molar-refractivity contribution in [3.05, 3.63) is 48.0 Å². The smallest absolute Gasteiger partial charge is 0.256 e. The molecule has 0 spiro atoms. The van der Waals surface area contributed by atoms with Gasteiger partial charge in [0.25, 0.3) is 5.91 Å². The summed E-state index contributed by atoms with van der Waals surface area (Å²) >= 11 is 0. The van der Waals surface area contributed by atoms with Gasteiger partial charge in [-0.3, -0.25) is 14.9 Å². The molecule has 0 bridgehead atoms. The zero-order valence-electron chi connectivity index (χ0n) is 22.4. The fraction of sp³-hybridized carbons (Fsp3) is 0.385. The van der Waals surface area contributed by atoms with Gasteiger partial charge in [0.1, 0.15) is 0 Å². The summed E-state index contributed by atoms with van der Waals surface area (Å²) < 4.78 is 36.8. The number of sulfonamides is 1. The number of likely N-dealkylation sites (N-methyl/N-ethyl adjacent to an activating group) is 1. The van der Waals surface area contributed by atoms with E-state index in [0.717, 1.165) is 10.6 Å². The van der Waals surface area contributed by atoms with E-state index >= 15 is 0 Å². The standard InChI is InChI=1S/C26H35N5O6S/c1-17(13-21-20-14-23(36-4)24(37-5)15-22(20)29-26(21)33)28-18-7-9-19(10-8-18)31(38(6,34)35)25(16-32)27-11-12-30(2)3/h7-10,13-17,25,27-28H,11-12H2,1-6H3,(H,29,33). The first kappa shape index (κ1) is 29.0. The third kappa shape index (κ3) is 6.82. The molecule has 0 saturated heterocycles. The molecule has 0 aliphatic carbocycles. The van der Waals surface area contributed by atoms with Crippen molar-refractivity contribution < 1.29 is 27.5 Å². The van der Waals surface area contributed by atoms with E-state index in [2.05, 4.69) is 16.0 Å². The van der Waals surface area contributed by atoms with Crippen molar-refractivity contribution in [2.45, 2.75) is 19.1 Å². The number of anilines is 3. The molecule has 38 heavy (non-hydrogen) atoms. The number of carbonyl (C=O) groups is 2. The molecular formula is C26H35N5O6S. The van der Waals surface area contributed by atoms with Crippen LogP contribution in [0.4, 0.5) is 17.1 Å². The number of aldehydes is 1. The summed E-state index contributed by atoms with van der Waals surface area (Å²) in [4.78, 5) is 26.3. The zero-order valence-corrected chi connectivity index (χ0v) is 23.3. The molecule has 0 aromatic heterocycles. The van der Waals surface area contributed by atoms with Gasteiger partial charge in [0.2, 0.25) is 10.0 Å². The fourth-order valence-corrected chi connectivity index (χ4v) is 5.16. The van der Waals surface area contributed by atoms with Gasteiger partial charge in [-0.2, -0.15) is 0 Å². The quantitative estimate of drug-likeness (QED) is 0.197. The lowest BCUT2D eigenvalue weighted by molar-refractivity contribution is -0.111. The van der Waals surface area contributed by atoms with Crippen molar-refractivity contribution in [1.29, 1.82) is 0 Å². The van der Waals surface area contributed by atoms with E-state index in [0.29, 0.717) is 59.1 Å². The summed E-state index contributed by atoms with van der Waals surface area (Å²) in [7, 11) is 3.10. The Morgan fingerprint density at radius 1 is 1.08 bits per heavy atom. The number of methoxy groups -OCH3 is 2. The zero-order chi connectivity index (χ0) is 28.0. The summed E-state index contributed by atoms with van der Waals surface area (Å²) in [6.07, 6.45) is 2.41. The number of nitrogens with zero attached hydrogens (tertiary/aromatic N) is 2. The molecule has 3 rings (SSSR count). The first-order valence-electron chi connectivity index (χ1n) is 12.0. The molecule has 1 heterocycles. The summed E-state index contributed by atoms with van der Waals surface area (Å²) in [5.74, 6) is 0.807. The Morgan fingerprint density at radius 2 is 1.71 bits per heavy atom. The second-order valence-corrected chi connectivity index (χ2v) is 11.0. The fourth-order valence-electron chi connectivity index (χ4n) is 4.12. The van der Waals surface area contributed by atoms with Gasteiger partial charge in [0, 0.05) is 42.0 Å². The van der Waals surface area contributed by atoms with E-state index in [4.69, 9.17) is 9.47 Å². The minimum Gasteiger partial charge on any atom is -0.493 e. The second-order valence-electron chi connectivity index (χ2n) is 9.16. The van der Waals surface area contributed by atoms with Crippen LogP contribution in [0.1, 0.15) is 12.5 Å². The number of hydrogen-bond acceptors (Lipinski definition) is 9. The number of benzene rings is 2. The molecule has 1 amide bonds. The number of hydrogen-bond donors (Lipinski definition) is 3. The SMILES string of the molecule is COc1cc2c(cc1OC)C(=CC(C)Nc1ccc(N(C(C=O)NCCN(C)C)S(C)(=O)=O)cc1)C(=O)N2. The average molecular weight is 546 g/mol. The van der Waals surface area contributed by atoms with E-state index in [1.807, 2.05) is 25.9 Å². The van der Waals surface area contributed by atoms with E-state index in [1.165, 1.54) is 14.2 Å². The second kappa shape index (κ2) is 12.3. The molecule has 0 fully saturated rings. The highest BCUT2D eigenvalue weighted by Gasteiger charge is 2.28. The van der Waals surface area contributed by atoms with Gasteiger partial charge in [-0.05, 0) is 57.4 Å². The van der Waals surface area contributed by atoms with E-state index in [1.54, 1.807) is 42.5 Å². The average Bonchev–Trinajstić information content (AvgIpc) is 3.15. The van der Waals surface area contributed by atoms with Gasteiger partial charge >= 0.3 is 0 Å². The first-order valence-corrected chi connectivity index (χ1v) is 13.8. The Balaban J connectivity index is 1.79. The first-order chi connectivity index (χ1) is 18.0. The molecule has 1 aliphatic rings. The topological polar surface area (TPSA) is 129 Å². The Labute approximate surface area is 223 Å². The van der Waals surface area contributed by atoms with Crippen LogP contribution in [0.2, 0.25) is 0 Å². The molecule has 206 valence electrons. The Bertz CT molecular complexity index is 1290. The highest BCUT2D eigenvalue weighted by atomic mass is 32.2. The normalized spacial score (nSPS) is 15.6. The molecule has 0 radical (unpaired) electrons. The molecule has 2 aromatic rings. The monoisotopic (exact) mass is 545 g/mol. The third-order valence-electron chi connectivity index (χ3n) is 5.89. The predicted molar refractivity (Wildman–Crippen MR) is 149 cm³/mol. The molecule has 2 unspecified atom stereocenters. The van der Waals surface area contributed by atoms with Crippen LogP contribution in [0.3, 0.4) is 0 Å². The van der Waals surface area contributed by atoms with Gasteiger partial charge in [-0.25, -0.2) is 12.7 Å². The lowest BCUT2D eigenvalue weighted by Crippen LogP contribution is -2.51. The van der Waals surface area contributed by atoms with Crippen LogP contribution in [0, 0.1) is 0 Å². The summed E-state index contributed by atoms with van der Waals surface area (Å²) in [5, 5.41) is 9.12. The van der Waals surface area contributed by atoms with Crippen LogP contribution in [0.15, 0.2) is 42.5 Å². The van der Waals surface area contributed by atoms with Crippen molar-refractivity contribution in [3.63, 3.8) is 0 Å². The lowest BCUT2D eigenvalue weighted by atomic mass is 10.0. The Hall–Kier alpha value is -3.61. The largest absolute Gasteiger partial charge is 0.493 e. The highest BCUT2D eigenvalue weighted by molar-refractivity contribution is 7.92. The molecule has 11 nitrogen and oxygen atoms in total. The van der Waals surface area contributed by atoms with Gasteiger partial charge < -0.3 is 25.0 Å². The molecule has 1 aliphatic heterocycles. The van der Waals surface area contributed by atoms with Crippen LogP contribution in [-0.2, 0) is 19.6 Å². The molecule has 0 saturated carbocycles. The van der Waals surface area contributed by atoms with Crippen LogP contribution in [0.25, 0.3) is 5.57 Å². The molecule has 3 N–H and O–H groups in total.